The van der Waals surface area contributed by atoms with E-state index in [9.17, 15) is 10.1 Å². The zero-order chi connectivity index (χ0) is 17.5. The predicted molar refractivity (Wildman–Crippen MR) is 92.7 cm³/mol. The van der Waals surface area contributed by atoms with Gasteiger partial charge in [0.15, 0.2) is 0 Å². The van der Waals surface area contributed by atoms with Crippen LogP contribution in [0.1, 0.15) is 16.9 Å². The summed E-state index contributed by atoms with van der Waals surface area (Å²) in [5.74, 6) is 0.601. The topological polar surface area (TPSA) is 66.5 Å². The average Bonchev–Trinajstić information content (AvgIpc) is 3.18. The molecule has 1 aromatic heterocycles. The molecular formula is C20H16N2O3. The molecule has 3 rings (SSSR count). The Bertz CT molecular complexity index is 867. The van der Waals surface area contributed by atoms with Crippen LogP contribution in [0.15, 0.2) is 77.4 Å². The van der Waals surface area contributed by atoms with Crippen LogP contribution < -0.4 is 4.90 Å². The van der Waals surface area contributed by atoms with Crippen molar-refractivity contribution < 1.29 is 13.9 Å². The van der Waals surface area contributed by atoms with Gasteiger partial charge in [-0.3, -0.25) is 4.90 Å². The number of nitriles is 1. The molecule has 0 unspecified atom stereocenters. The second kappa shape index (κ2) is 7.84. The van der Waals surface area contributed by atoms with E-state index >= 15 is 0 Å². The summed E-state index contributed by atoms with van der Waals surface area (Å²) in [6.07, 6.45) is 1.00. The van der Waals surface area contributed by atoms with Gasteiger partial charge in [0.05, 0.1) is 24.1 Å². The summed E-state index contributed by atoms with van der Waals surface area (Å²) in [6.45, 7) is 0.336. The lowest BCUT2D eigenvalue weighted by Crippen LogP contribution is -2.31. The molecule has 0 radical (unpaired) electrons. The SMILES string of the molecule is N#Cc1ccccc1N(Cc1ccco1)C(=O)OCc1ccccc1. The van der Waals surface area contributed by atoms with E-state index in [2.05, 4.69) is 6.07 Å². The molecule has 5 heteroatoms. The van der Waals surface area contributed by atoms with Crippen LogP contribution in [0, 0.1) is 11.3 Å². The third-order valence-corrected chi connectivity index (χ3v) is 3.63. The Balaban J connectivity index is 1.83. The number of furan rings is 1. The fourth-order valence-corrected chi connectivity index (χ4v) is 2.41. The molecule has 5 nitrogen and oxygen atoms in total. The lowest BCUT2D eigenvalue weighted by molar-refractivity contribution is 0.146. The largest absolute Gasteiger partial charge is 0.467 e. The number of nitrogens with zero attached hydrogens (tertiary/aromatic N) is 2. The maximum absolute atomic E-state index is 12.7. The fraction of sp³-hybridized carbons (Fsp3) is 0.100. The summed E-state index contributed by atoms with van der Waals surface area (Å²) in [4.78, 5) is 14.1. The minimum absolute atomic E-state index is 0.156. The van der Waals surface area contributed by atoms with Gasteiger partial charge < -0.3 is 9.15 Å². The van der Waals surface area contributed by atoms with Crippen LogP contribution >= 0.6 is 0 Å². The second-order valence-electron chi connectivity index (χ2n) is 5.33. The summed E-state index contributed by atoms with van der Waals surface area (Å²) in [5.41, 5.74) is 1.77. The van der Waals surface area contributed by atoms with Gasteiger partial charge in [-0.1, -0.05) is 42.5 Å². The number of ether oxygens (including phenoxy) is 1. The molecule has 0 aliphatic heterocycles. The number of carbonyl (C=O) groups is 1. The molecule has 25 heavy (non-hydrogen) atoms. The Kier molecular flexibility index (Phi) is 5.13. The van der Waals surface area contributed by atoms with E-state index in [1.165, 1.54) is 4.90 Å². The Labute approximate surface area is 145 Å². The molecule has 0 aliphatic carbocycles. The lowest BCUT2D eigenvalue weighted by atomic mass is 10.1. The fourth-order valence-electron chi connectivity index (χ4n) is 2.41. The van der Waals surface area contributed by atoms with Gasteiger partial charge in [0.2, 0.25) is 0 Å². The van der Waals surface area contributed by atoms with Gasteiger partial charge in [0.25, 0.3) is 0 Å². The highest BCUT2D eigenvalue weighted by atomic mass is 16.6. The van der Waals surface area contributed by atoms with E-state index < -0.39 is 6.09 Å². The van der Waals surface area contributed by atoms with Crippen molar-refractivity contribution in [2.24, 2.45) is 0 Å². The highest BCUT2D eigenvalue weighted by Gasteiger charge is 2.21. The summed E-state index contributed by atoms with van der Waals surface area (Å²) >= 11 is 0. The molecule has 0 atom stereocenters. The van der Waals surface area contributed by atoms with Crippen molar-refractivity contribution in [2.75, 3.05) is 4.90 Å². The Morgan fingerprint density at radius 1 is 1.04 bits per heavy atom. The molecule has 3 aromatic rings. The summed E-state index contributed by atoms with van der Waals surface area (Å²) in [5, 5.41) is 9.33. The monoisotopic (exact) mass is 332 g/mol. The Morgan fingerprint density at radius 3 is 2.52 bits per heavy atom. The number of hydrogen-bond acceptors (Lipinski definition) is 4. The molecule has 0 spiro atoms. The molecule has 0 saturated carbocycles. The van der Waals surface area contributed by atoms with Gasteiger partial charge in [0.1, 0.15) is 18.4 Å². The maximum Gasteiger partial charge on any atom is 0.415 e. The molecular weight excluding hydrogens is 316 g/mol. The zero-order valence-electron chi connectivity index (χ0n) is 13.5. The first-order valence-electron chi connectivity index (χ1n) is 7.77. The van der Waals surface area contributed by atoms with E-state index in [-0.39, 0.29) is 13.2 Å². The summed E-state index contributed by atoms with van der Waals surface area (Å²) in [6, 6.07) is 22.0. The van der Waals surface area contributed by atoms with Crippen molar-refractivity contribution >= 4 is 11.8 Å². The number of benzene rings is 2. The summed E-state index contributed by atoms with van der Waals surface area (Å²) < 4.78 is 10.8. The first-order chi connectivity index (χ1) is 12.3. The Morgan fingerprint density at radius 2 is 1.80 bits per heavy atom. The number of hydrogen-bond donors (Lipinski definition) is 0. The van der Waals surface area contributed by atoms with Crippen molar-refractivity contribution in [1.82, 2.24) is 0 Å². The molecule has 124 valence electrons. The molecule has 0 fully saturated rings. The normalized spacial score (nSPS) is 10.0. The molecule has 0 saturated heterocycles. The van der Waals surface area contributed by atoms with Crippen molar-refractivity contribution in [3.8, 4) is 6.07 Å². The maximum atomic E-state index is 12.7. The minimum Gasteiger partial charge on any atom is -0.467 e. The van der Waals surface area contributed by atoms with Gasteiger partial charge in [-0.05, 0) is 29.8 Å². The minimum atomic E-state index is -0.539. The van der Waals surface area contributed by atoms with Crippen molar-refractivity contribution in [3.63, 3.8) is 0 Å². The highest BCUT2D eigenvalue weighted by molar-refractivity contribution is 5.89. The van der Waals surface area contributed by atoms with E-state index in [1.807, 2.05) is 30.3 Å². The van der Waals surface area contributed by atoms with Gasteiger partial charge >= 0.3 is 6.09 Å². The first kappa shape index (κ1) is 16.3. The average molecular weight is 332 g/mol. The van der Waals surface area contributed by atoms with Crippen molar-refractivity contribution in [3.05, 3.63) is 89.9 Å². The standard InChI is InChI=1S/C20H16N2O3/c21-13-17-9-4-5-11-19(17)22(14-18-10-6-12-24-18)20(23)25-15-16-7-2-1-3-8-16/h1-12H,14-15H2. The molecule has 0 aliphatic rings. The van der Waals surface area contributed by atoms with Crippen LogP contribution in [-0.4, -0.2) is 6.09 Å². The van der Waals surface area contributed by atoms with Gasteiger partial charge in [-0.2, -0.15) is 5.26 Å². The van der Waals surface area contributed by atoms with E-state index in [0.717, 1.165) is 5.56 Å². The van der Waals surface area contributed by atoms with Crippen LogP contribution in [-0.2, 0) is 17.9 Å². The van der Waals surface area contributed by atoms with Gasteiger partial charge in [0, 0.05) is 0 Å². The van der Waals surface area contributed by atoms with Gasteiger partial charge in [-0.25, -0.2) is 4.79 Å². The van der Waals surface area contributed by atoms with Crippen LogP contribution in [0.25, 0.3) is 0 Å². The number of amides is 1. The van der Waals surface area contributed by atoms with Crippen LogP contribution in [0.2, 0.25) is 0 Å². The molecule has 0 bridgehead atoms. The predicted octanol–water partition coefficient (Wildman–Crippen LogP) is 4.49. The van der Waals surface area contributed by atoms with Gasteiger partial charge in [-0.15, -0.1) is 0 Å². The molecule has 1 heterocycles. The van der Waals surface area contributed by atoms with Crippen molar-refractivity contribution in [1.29, 1.82) is 5.26 Å². The molecule has 2 aromatic carbocycles. The Hall–Kier alpha value is -3.52. The van der Waals surface area contributed by atoms with Crippen LogP contribution in [0.4, 0.5) is 10.5 Å². The van der Waals surface area contributed by atoms with Crippen LogP contribution in [0.3, 0.4) is 0 Å². The summed E-state index contributed by atoms with van der Waals surface area (Å²) in [7, 11) is 0. The van der Waals surface area contributed by atoms with Crippen molar-refractivity contribution in [2.45, 2.75) is 13.2 Å². The molecule has 1 amide bonds. The number of rotatable bonds is 5. The smallest absolute Gasteiger partial charge is 0.415 e. The van der Waals surface area contributed by atoms with Crippen LogP contribution in [0.5, 0.6) is 0 Å². The number of carbonyl (C=O) groups excluding carboxylic acids is 1. The second-order valence-corrected chi connectivity index (χ2v) is 5.33. The highest BCUT2D eigenvalue weighted by Crippen LogP contribution is 2.23. The van der Waals surface area contributed by atoms with E-state index in [4.69, 9.17) is 9.15 Å². The third-order valence-electron chi connectivity index (χ3n) is 3.63. The number of anilines is 1. The van der Waals surface area contributed by atoms with E-state index in [1.54, 1.807) is 42.7 Å². The van der Waals surface area contributed by atoms with E-state index in [0.29, 0.717) is 17.0 Å². The quantitative estimate of drug-likeness (QED) is 0.690. The lowest BCUT2D eigenvalue weighted by Gasteiger charge is -2.22. The first-order valence-corrected chi connectivity index (χ1v) is 7.77. The molecule has 0 N–H and O–H groups in total. The number of para-hydroxylation sites is 1. The third kappa shape index (κ3) is 4.06. The zero-order valence-corrected chi connectivity index (χ0v) is 13.5.